The number of aromatic nitrogens is 1. The minimum Gasteiger partial charge on any atom is -0.275 e. The maximum absolute atomic E-state index is 14.4. The third-order valence-electron chi connectivity index (χ3n) is 6.04. The molecule has 1 aromatic heterocycles. The Hall–Kier alpha value is -2.55. The van der Waals surface area contributed by atoms with Crippen molar-refractivity contribution in [3.63, 3.8) is 0 Å². The lowest BCUT2D eigenvalue weighted by Gasteiger charge is -2.45. The predicted octanol–water partition coefficient (Wildman–Crippen LogP) is 5.59. The number of halogens is 1. The van der Waals surface area contributed by atoms with Crippen molar-refractivity contribution in [3.8, 4) is 0 Å². The lowest BCUT2D eigenvalue weighted by Crippen LogP contribution is -2.47. The molecule has 2 aromatic carbocycles. The summed E-state index contributed by atoms with van der Waals surface area (Å²) in [7, 11) is 0. The summed E-state index contributed by atoms with van der Waals surface area (Å²) in [5.74, 6) is -0.166. The number of hydrogen-bond donors (Lipinski definition) is 0. The molecule has 0 atom stereocenters. The molecule has 3 aromatic rings. The molecule has 2 heterocycles. The molecular formula is C23H23FN2. The molecule has 0 N–H and O–H groups in total. The van der Waals surface area contributed by atoms with Crippen LogP contribution in [-0.2, 0) is 5.41 Å². The zero-order chi connectivity index (χ0) is 18.7. The fraction of sp³-hybridized carbons (Fsp3) is 0.304. The standard InChI is InChI=1S/C23H23FN2/c1-14-17(24)12-11-16-20(14)22(2,3)23(4,5)26-21(16)19-13-10-15-8-6-7-9-18(15)25-19/h6-13H,1-5H3. The van der Waals surface area contributed by atoms with Gasteiger partial charge in [0.15, 0.2) is 0 Å². The highest BCUT2D eigenvalue weighted by atomic mass is 19.1. The zero-order valence-electron chi connectivity index (χ0n) is 15.9. The van der Waals surface area contributed by atoms with Gasteiger partial charge in [0.25, 0.3) is 0 Å². The molecule has 0 unspecified atom stereocenters. The highest BCUT2D eigenvalue weighted by Crippen LogP contribution is 2.45. The largest absolute Gasteiger partial charge is 0.275 e. The lowest BCUT2D eigenvalue weighted by molar-refractivity contribution is 0.301. The average molecular weight is 346 g/mol. The second-order valence-corrected chi connectivity index (χ2v) is 8.13. The number of fused-ring (bicyclic) bond motifs is 2. The minimum atomic E-state index is -0.374. The van der Waals surface area contributed by atoms with E-state index in [1.165, 1.54) is 0 Å². The third-order valence-corrected chi connectivity index (χ3v) is 6.04. The van der Waals surface area contributed by atoms with Gasteiger partial charge in [-0.25, -0.2) is 9.37 Å². The molecular weight excluding hydrogens is 323 g/mol. The Labute approximate surface area is 153 Å². The first-order valence-electron chi connectivity index (χ1n) is 8.98. The average Bonchev–Trinajstić information content (AvgIpc) is 2.60. The fourth-order valence-electron chi connectivity index (χ4n) is 3.87. The summed E-state index contributed by atoms with van der Waals surface area (Å²) < 4.78 is 14.4. The monoisotopic (exact) mass is 346 g/mol. The molecule has 3 heteroatoms. The normalized spacial score (nSPS) is 17.7. The van der Waals surface area contributed by atoms with Crippen molar-refractivity contribution in [1.29, 1.82) is 0 Å². The highest BCUT2D eigenvalue weighted by molar-refractivity contribution is 6.14. The Balaban J connectivity index is 2.02. The van der Waals surface area contributed by atoms with Crippen LogP contribution in [0.2, 0.25) is 0 Å². The van der Waals surface area contributed by atoms with Crippen LogP contribution in [0, 0.1) is 12.7 Å². The summed E-state index contributed by atoms with van der Waals surface area (Å²) >= 11 is 0. The molecule has 0 spiro atoms. The molecule has 0 bridgehead atoms. The van der Waals surface area contributed by atoms with Crippen LogP contribution in [0.3, 0.4) is 0 Å². The van der Waals surface area contributed by atoms with E-state index in [1.54, 1.807) is 6.07 Å². The van der Waals surface area contributed by atoms with Gasteiger partial charge < -0.3 is 0 Å². The van der Waals surface area contributed by atoms with Gasteiger partial charge in [0.2, 0.25) is 0 Å². The van der Waals surface area contributed by atoms with E-state index in [-0.39, 0.29) is 16.8 Å². The lowest BCUT2D eigenvalue weighted by atomic mass is 9.64. The Bertz CT molecular complexity index is 1060. The number of benzene rings is 2. The predicted molar refractivity (Wildman–Crippen MR) is 106 cm³/mol. The van der Waals surface area contributed by atoms with Gasteiger partial charge in [-0.15, -0.1) is 0 Å². The Morgan fingerprint density at radius 3 is 2.38 bits per heavy atom. The van der Waals surface area contributed by atoms with Gasteiger partial charge in [-0.1, -0.05) is 38.1 Å². The fourth-order valence-corrected chi connectivity index (χ4v) is 3.87. The van der Waals surface area contributed by atoms with E-state index < -0.39 is 0 Å². The number of aliphatic imine (C=N–C) groups is 1. The van der Waals surface area contributed by atoms with Crippen molar-refractivity contribution in [3.05, 3.63) is 76.7 Å². The van der Waals surface area contributed by atoms with E-state index in [1.807, 2.05) is 37.3 Å². The van der Waals surface area contributed by atoms with Crippen LogP contribution in [0.4, 0.5) is 4.39 Å². The number of hydrogen-bond acceptors (Lipinski definition) is 2. The number of pyridine rings is 1. The number of rotatable bonds is 1. The molecule has 2 nitrogen and oxygen atoms in total. The van der Waals surface area contributed by atoms with Crippen LogP contribution in [0.15, 0.2) is 53.5 Å². The molecule has 0 saturated carbocycles. The molecule has 4 rings (SSSR count). The Morgan fingerprint density at radius 2 is 1.62 bits per heavy atom. The van der Waals surface area contributed by atoms with E-state index in [2.05, 4.69) is 39.8 Å². The van der Waals surface area contributed by atoms with Gasteiger partial charge in [0.1, 0.15) is 5.82 Å². The van der Waals surface area contributed by atoms with Gasteiger partial charge in [0.05, 0.1) is 22.5 Å². The Kier molecular flexibility index (Phi) is 3.56. The zero-order valence-corrected chi connectivity index (χ0v) is 15.9. The number of nitrogens with zero attached hydrogens (tertiary/aromatic N) is 2. The first-order chi connectivity index (χ1) is 12.2. The smallest absolute Gasteiger partial charge is 0.126 e. The van der Waals surface area contributed by atoms with Gasteiger partial charge in [-0.2, -0.15) is 0 Å². The maximum Gasteiger partial charge on any atom is 0.126 e. The topological polar surface area (TPSA) is 25.2 Å². The SMILES string of the molecule is Cc1c(F)ccc2c1C(C)(C)C(C)(C)N=C2c1ccc2ccccc2n1. The van der Waals surface area contributed by atoms with E-state index in [0.717, 1.165) is 33.4 Å². The quantitative estimate of drug-likeness (QED) is 0.564. The summed E-state index contributed by atoms with van der Waals surface area (Å²) in [5.41, 5.74) is 4.68. The summed E-state index contributed by atoms with van der Waals surface area (Å²) in [6.07, 6.45) is 0. The summed E-state index contributed by atoms with van der Waals surface area (Å²) in [6.45, 7) is 10.4. The molecule has 1 aliphatic heterocycles. The van der Waals surface area contributed by atoms with Crippen LogP contribution in [0.1, 0.15) is 50.1 Å². The van der Waals surface area contributed by atoms with Gasteiger partial charge >= 0.3 is 0 Å². The van der Waals surface area contributed by atoms with Crippen LogP contribution in [0.5, 0.6) is 0 Å². The van der Waals surface area contributed by atoms with Gasteiger partial charge in [-0.05, 0) is 56.2 Å². The first kappa shape index (κ1) is 16.9. The van der Waals surface area contributed by atoms with Crippen molar-refractivity contribution in [2.45, 2.75) is 45.6 Å². The summed E-state index contributed by atoms with van der Waals surface area (Å²) in [5, 5.41) is 1.10. The molecule has 0 saturated heterocycles. The Morgan fingerprint density at radius 1 is 0.885 bits per heavy atom. The molecule has 0 aliphatic carbocycles. The van der Waals surface area contributed by atoms with E-state index in [9.17, 15) is 4.39 Å². The second kappa shape index (κ2) is 5.47. The molecule has 0 radical (unpaired) electrons. The summed E-state index contributed by atoms with van der Waals surface area (Å²) in [4.78, 5) is 9.93. The van der Waals surface area contributed by atoms with Crippen molar-refractivity contribution < 1.29 is 4.39 Å². The van der Waals surface area contributed by atoms with E-state index in [4.69, 9.17) is 9.98 Å². The van der Waals surface area contributed by atoms with E-state index in [0.29, 0.717) is 5.56 Å². The summed E-state index contributed by atoms with van der Waals surface area (Å²) in [6, 6.07) is 15.5. The minimum absolute atomic E-state index is 0.166. The van der Waals surface area contributed by atoms with Crippen LogP contribution in [-0.4, -0.2) is 16.2 Å². The molecule has 1 aliphatic rings. The van der Waals surface area contributed by atoms with Crippen molar-refractivity contribution in [2.24, 2.45) is 4.99 Å². The van der Waals surface area contributed by atoms with Gasteiger partial charge in [-0.3, -0.25) is 4.99 Å². The van der Waals surface area contributed by atoms with Crippen molar-refractivity contribution in [2.75, 3.05) is 0 Å². The van der Waals surface area contributed by atoms with Crippen molar-refractivity contribution >= 4 is 16.6 Å². The first-order valence-corrected chi connectivity index (χ1v) is 8.98. The van der Waals surface area contributed by atoms with Gasteiger partial charge in [0, 0.05) is 16.4 Å². The molecule has 26 heavy (non-hydrogen) atoms. The molecule has 132 valence electrons. The third kappa shape index (κ3) is 2.30. The maximum atomic E-state index is 14.4. The van der Waals surface area contributed by atoms with E-state index >= 15 is 0 Å². The molecule has 0 amide bonds. The highest BCUT2D eigenvalue weighted by Gasteiger charge is 2.45. The number of para-hydroxylation sites is 1. The van der Waals surface area contributed by atoms with Crippen LogP contribution < -0.4 is 0 Å². The van der Waals surface area contributed by atoms with Crippen LogP contribution in [0.25, 0.3) is 10.9 Å². The van der Waals surface area contributed by atoms with Crippen LogP contribution >= 0.6 is 0 Å². The second-order valence-electron chi connectivity index (χ2n) is 8.13. The van der Waals surface area contributed by atoms with Crippen molar-refractivity contribution in [1.82, 2.24) is 4.98 Å². The molecule has 0 fully saturated rings.